The lowest BCUT2D eigenvalue weighted by Gasteiger charge is -2.30. The van der Waals surface area contributed by atoms with E-state index < -0.39 is 5.91 Å². The monoisotopic (exact) mass is 380 g/mol. The molecule has 1 aliphatic rings. The molecule has 2 aromatic heterocycles. The molecule has 3 heterocycles. The van der Waals surface area contributed by atoms with Crippen LogP contribution in [-0.4, -0.2) is 58.5 Å². The predicted molar refractivity (Wildman–Crippen MR) is 106 cm³/mol. The Kier molecular flexibility index (Phi) is 6.34. The number of aromatic nitrogens is 3. The molecule has 0 radical (unpaired) electrons. The number of rotatable bonds is 7. The minimum absolute atomic E-state index is 0.277. The molecule has 0 saturated carbocycles. The van der Waals surface area contributed by atoms with Gasteiger partial charge in [-0.05, 0) is 39.0 Å². The topological polar surface area (TPSA) is 133 Å². The number of nitrogens with two attached hydrogens (primary N) is 1. The SMILES string of the molecule is CN1CCC(Nc2cc(CCNc3cnc(C#N)cn3)ncc2C(N)=O)CC1. The average Bonchev–Trinajstić information content (AvgIpc) is 2.70. The Labute approximate surface area is 164 Å². The van der Waals surface area contributed by atoms with Crippen LogP contribution in [0.15, 0.2) is 24.7 Å². The third-order valence-electron chi connectivity index (χ3n) is 4.76. The van der Waals surface area contributed by atoms with E-state index in [2.05, 4.69) is 37.5 Å². The number of hydrogen-bond acceptors (Lipinski definition) is 8. The molecule has 0 aromatic carbocycles. The van der Waals surface area contributed by atoms with E-state index in [1.54, 1.807) is 0 Å². The van der Waals surface area contributed by atoms with Gasteiger partial charge in [0.15, 0.2) is 5.69 Å². The van der Waals surface area contributed by atoms with Crippen LogP contribution in [0.3, 0.4) is 0 Å². The lowest BCUT2D eigenvalue weighted by atomic mass is 10.0. The average molecular weight is 380 g/mol. The highest BCUT2D eigenvalue weighted by Gasteiger charge is 2.19. The second-order valence-corrected chi connectivity index (χ2v) is 6.88. The van der Waals surface area contributed by atoms with Crippen molar-refractivity contribution < 1.29 is 4.79 Å². The Balaban J connectivity index is 1.62. The van der Waals surface area contributed by atoms with E-state index in [9.17, 15) is 4.79 Å². The highest BCUT2D eigenvalue weighted by atomic mass is 16.1. The molecule has 9 heteroatoms. The van der Waals surface area contributed by atoms with E-state index in [-0.39, 0.29) is 5.69 Å². The van der Waals surface area contributed by atoms with Gasteiger partial charge in [0.2, 0.25) is 0 Å². The zero-order valence-corrected chi connectivity index (χ0v) is 15.9. The molecular weight excluding hydrogens is 356 g/mol. The van der Waals surface area contributed by atoms with Gasteiger partial charge in [0.05, 0.1) is 23.6 Å². The molecule has 1 amide bonds. The summed E-state index contributed by atoms with van der Waals surface area (Å²) in [6, 6.07) is 4.14. The summed E-state index contributed by atoms with van der Waals surface area (Å²) in [6.45, 7) is 2.64. The van der Waals surface area contributed by atoms with Crippen molar-refractivity contribution in [3.05, 3.63) is 41.6 Å². The van der Waals surface area contributed by atoms with Crippen molar-refractivity contribution in [1.82, 2.24) is 19.9 Å². The first kappa shape index (κ1) is 19.5. The molecule has 2 aromatic rings. The van der Waals surface area contributed by atoms with E-state index in [4.69, 9.17) is 11.0 Å². The molecule has 0 spiro atoms. The van der Waals surface area contributed by atoms with Crippen LogP contribution in [0.4, 0.5) is 11.5 Å². The molecule has 1 saturated heterocycles. The second kappa shape index (κ2) is 9.10. The highest BCUT2D eigenvalue weighted by Crippen LogP contribution is 2.21. The Morgan fingerprint density at radius 2 is 2.07 bits per heavy atom. The summed E-state index contributed by atoms with van der Waals surface area (Å²) in [7, 11) is 2.11. The van der Waals surface area contributed by atoms with Crippen molar-refractivity contribution in [2.45, 2.75) is 25.3 Å². The first-order valence-corrected chi connectivity index (χ1v) is 9.25. The van der Waals surface area contributed by atoms with E-state index >= 15 is 0 Å². The summed E-state index contributed by atoms with van der Waals surface area (Å²) in [5.74, 6) is 0.109. The number of nitriles is 1. The Morgan fingerprint density at radius 3 is 2.71 bits per heavy atom. The molecule has 0 unspecified atom stereocenters. The van der Waals surface area contributed by atoms with Crippen LogP contribution in [0.2, 0.25) is 0 Å². The van der Waals surface area contributed by atoms with Crippen LogP contribution in [0, 0.1) is 11.3 Å². The summed E-state index contributed by atoms with van der Waals surface area (Å²) in [6.07, 6.45) is 7.16. The third kappa shape index (κ3) is 5.14. The molecule has 3 rings (SSSR count). The fraction of sp³-hybridized carbons (Fsp3) is 0.421. The van der Waals surface area contributed by atoms with Crippen molar-refractivity contribution in [1.29, 1.82) is 5.26 Å². The maximum Gasteiger partial charge on any atom is 0.252 e. The van der Waals surface area contributed by atoms with Crippen molar-refractivity contribution in [2.24, 2.45) is 5.73 Å². The highest BCUT2D eigenvalue weighted by molar-refractivity contribution is 5.98. The van der Waals surface area contributed by atoms with Crippen LogP contribution < -0.4 is 16.4 Å². The molecule has 0 aliphatic carbocycles. The number of anilines is 2. The van der Waals surface area contributed by atoms with Gasteiger partial charge in [0.25, 0.3) is 5.91 Å². The number of hydrogen-bond donors (Lipinski definition) is 3. The van der Waals surface area contributed by atoms with E-state index in [1.807, 2.05) is 12.1 Å². The van der Waals surface area contributed by atoms with Gasteiger partial charge in [0, 0.05) is 30.9 Å². The molecule has 1 fully saturated rings. The van der Waals surface area contributed by atoms with Crippen LogP contribution in [0.1, 0.15) is 34.6 Å². The van der Waals surface area contributed by atoms with Gasteiger partial charge in [-0.25, -0.2) is 9.97 Å². The van der Waals surface area contributed by atoms with Crippen molar-refractivity contribution >= 4 is 17.4 Å². The lowest BCUT2D eigenvalue weighted by Crippen LogP contribution is -2.37. The molecule has 0 bridgehead atoms. The van der Waals surface area contributed by atoms with Gasteiger partial charge in [-0.15, -0.1) is 0 Å². The van der Waals surface area contributed by atoms with Crippen molar-refractivity contribution in [2.75, 3.05) is 37.3 Å². The smallest absolute Gasteiger partial charge is 0.252 e. The number of nitrogens with one attached hydrogen (secondary N) is 2. The van der Waals surface area contributed by atoms with Crippen LogP contribution >= 0.6 is 0 Å². The first-order chi connectivity index (χ1) is 13.5. The number of piperidine rings is 1. The van der Waals surface area contributed by atoms with Gasteiger partial charge < -0.3 is 21.3 Å². The summed E-state index contributed by atoms with van der Waals surface area (Å²) in [4.78, 5) is 26.5. The second-order valence-electron chi connectivity index (χ2n) is 6.88. The number of carbonyl (C=O) groups is 1. The van der Waals surface area contributed by atoms with E-state index in [0.717, 1.165) is 37.3 Å². The fourth-order valence-corrected chi connectivity index (χ4v) is 3.12. The van der Waals surface area contributed by atoms with Crippen molar-refractivity contribution in [3.63, 3.8) is 0 Å². The van der Waals surface area contributed by atoms with Crippen LogP contribution in [0.25, 0.3) is 0 Å². The number of nitrogens with zero attached hydrogens (tertiary/aromatic N) is 5. The summed E-state index contributed by atoms with van der Waals surface area (Å²) >= 11 is 0. The molecule has 1 aliphatic heterocycles. The van der Waals surface area contributed by atoms with E-state index in [1.165, 1.54) is 18.6 Å². The normalized spacial score (nSPS) is 15.0. The molecule has 146 valence electrons. The van der Waals surface area contributed by atoms with Gasteiger partial charge in [-0.2, -0.15) is 5.26 Å². The summed E-state index contributed by atoms with van der Waals surface area (Å²) in [5, 5.41) is 15.4. The minimum atomic E-state index is -0.486. The third-order valence-corrected chi connectivity index (χ3v) is 4.76. The molecule has 0 atom stereocenters. The number of carbonyl (C=O) groups excluding carboxylic acids is 1. The number of primary amides is 1. The standard InChI is InChI=1S/C19H24N8O/c1-27-6-3-13(4-7-27)26-17-8-14(23-11-16(17)19(21)28)2-5-22-18-12-24-15(9-20)10-25-18/h8,10-13H,2-7H2,1H3,(H2,21,28)(H,22,25)(H,23,26). The molecule has 28 heavy (non-hydrogen) atoms. The zero-order valence-electron chi connectivity index (χ0n) is 15.9. The zero-order chi connectivity index (χ0) is 19.9. The van der Waals surface area contributed by atoms with E-state index in [0.29, 0.717) is 30.4 Å². The molecule has 9 nitrogen and oxygen atoms in total. The quantitative estimate of drug-likeness (QED) is 0.648. The van der Waals surface area contributed by atoms with Crippen LogP contribution in [-0.2, 0) is 6.42 Å². The Morgan fingerprint density at radius 1 is 1.29 bits per heavy atom. The van der Waals surface area contributed by atoms with Gasteiger partial charge >= 0.3 is 0 Å². The van der Waals surface area contributed by atoms with Gasteiger partial charge in [0.1, 0.15) is 11.9 Å². The van der Waals surface area contributed by atoms with Gasteiger partial charge in [-0.1, -0.05) is 0 Å². The Bertz CT molecular complexity index is 853. The molecular formula is C19H24N8O. The van der Waals surface area contributed by atoms with Gasteiger partial charge in [-0.3, -0.25) is 9.78 Å². The Hall–Kier alpha value is -3.25. The number of likely N-dealkylation sites (tertiary alicyclic amines) is 1. The largest absolute Gasteiger partial charge is 0.381 e. The predicted octanol–water partition coefficient (Wildman–Crippen LogP) is 1.00. The number of amides is 1. The molecule has 4 N–H and O–H groups in total. The number of pyridine rings is 1. The first-order valence-electron chi connectivity index (χ1n) is 9.25. The lowest BCUT2D eigenvalue weighted by molar-refractivity contribution is 0.100. The maximum atomic E-state index is 11.8. The van der Waals surface area contributed by atoms with Crippen LogP contribution in [0.5, 0.6) is 0 Å². The minimum Gasteiger partial charge on any atom is -0.381 e. The van der Waals surface area contributed by atoms with Crippen molar-refractivity contribution in [3.8, 4) is 6.07 Å². The maximum absolute atomic E-state index is 11.8. The summed E-state index contributed by atoms with van der Waals surface area (Å²) < 4.78 is 0. The fourth-order valence-electron chi connectivity index (χ4n) is 3.12. The summed E-state index contributed by atoms with van der Waals surface area (Å²) in [5.41, 5.74) is 7.78.